The lowest BCUT2D eigenvalue weighted by Gasteiger charge is -2.12. The number of nitrogens with zero attached hydrogens (tertiary/aromatic N) is 2. The molecule has 1 rings (SSSR count). The van der Waals surface area contributed by atoms with Gasteiger partial charge in [0, 0.05) is 6.04 Å². The summed E-state index contributed by atoms with van der Waals surface area (Å²) in [5.74, 6) is -0.832. The molecule has 0 aliphatic heterocycles. The van der Waals surface area contributed by atoms with E-state index in [1.165, 1.54) is 0 Å². The van der Waals surface area contributed by atoms with Crippen molar-refractivity contribution in [2.24, 2.45) is 0 Å². The standard InChI is InChI=1S/C7H9F3N2O/c1-4(2)12-6(7(8,9)10)5(13)3-11-12/h3-4,13H,1-2H3. The van der Waals surface area contributed by atoms with E-state index in [1.54, 1.807) is 13.8 Å². The van der Waals surface area contributed by atoms with Crippen molar-refractivity contribution in [2.45, 2.75) is 26.1 Å². The van der Waals surface area contributed by atoms with Crippen LogP contribution >= 0.6 is 0 Å². The molecular weight excluding hydrogens is 185 g/mol. The Kier molecular flexibility index (Phi) is 2.23. The Labute approximate surface area is 72.8 Å². The van der Waals surface area contributed by atoms with Crippen LogP contribution in [-0.4, -0.2) is 14.9 Å². The van der Waals surface area contributed by atoms with Gasteiger partial charge in [0.2, 0.25) is 0 Å². The molecule has 0 aromatic carbocycles. The third kappa shape index (κ3) is 1.76. The molecule has 0 amide bonds. The summed E-state index contributed by atoms with van der Waals surface area (Å²) in [6.45, 7) is 3.11. The van der Waals surface area contributed by atoms with E-state index < -0.39 is 23.7 Å². The molecule has 0 aliphatic rings. The monoisotopic (exact) mass is 194 g/mol. The Hall–Kier alpha value is -1.20. The first kappa shape index (κ1) is 9.88. The van der Waals surface area contributed by atoms with Gasteiger partial charge in [0.05, 0.1) is 6.20 Å². The van der Waals surface area contributed by atoms with Crippen LogP contribution in [0.3, 0.4) is 0 Å². The Morgan fingerprint density at radius 2 is 2.00 bits per heavy atom. The highest BCUT2D eigenvalue weighted by Gasteiger charge is 2.39. The molecule has 0 fully saturated rings. The van der Waals surface area contributed by atoms with E-state index in [0.717, 1.165) is 10.9 Å². The maximum absolute atomic E-state index is 12.3. The summed E-state index contributed by atoms with van der Waals surface area (Å²) in [7, 11) is 0. The van der Waals surface area contributed by atoms with Crippen LogP contribution in [0.25, 0.3) is 0 Å². The number of alkyl halides is 3. The van der Waals surface area contributed by atoms with Crippen LogP contribution < -0.4 is 0 Å². The maximum atomic E-state index is 12.3. The van der Waals surface area contributed by atoms with Gasteiger partial charge in [-0.3, -0.25) is 4.68 Å². The molecule has 1 aromatic rings. The van der Waals surface area contributed by atoms with Gasteiger partial charge in [0.15, 0.2) is 11.4 Å². The first-order valence-corrected chi connectivity index (χ1v) is 3.67. The average molecular weight is 194 g/mol. The van der Waals surface area contributed by atoms with E-state index >= 15 is 0 Å². The van der Waals surface area contributed by atoms with Crippen LogP contribution in [0.15, 0.2) is 6.20 Å². The molecule has 1 aromatic heterocycles. The second-order valence-corrected chi connectivity index (χ2v) is 2.91. The minimum atomic E-state index is -4.56. The smallest absolute Gasteiger partial charge is 0.436 e. The number of hydrogen-bond acceptors (Lipinski definition) is 2. The summed E-state index contributed by atoms with van der Waals surface area (Å²) in [6.07, 6.45) is -3.77. The third-order valence-corrected chi connectivity index (χ3v) is 1.53. The van der Waals surface area contributed by atoms with Crippen molar-refractivity contribution in [1.82, 2.24) is 9.78 Å². The summed E-state index contributed by atoms with van der Waals surface area (Å²) in [4.78, 5) is 0. The van der Waals surface area contributed by atoms with Crippen LogP contribution in [-0.2, 0) is 6.18 Å². The molecule has 0 atom stereocenters. The molecular formula is C7H9F3N2O. The molecule has 0 aliphatic carbocycles. The van der Waals surface area contributed by atoms with Gasteiger partial charge in [-0.1, -0.05) is 0 Å². The van der Waals surface area contributed by atoms with Gasteiger partial charge in [0.1, 0.15) is 0 Å². The Balaban J connectivity index is 3.25. The molecule has 0 bridgehead atoms. The minimum Gasteiger partial charge on any atom is -0.504 e. The first-order chi connectivity index (χ1) is 5.84. The van der Waals surface area contributed by atoms with Crippen LogP contribution in [0.4, 0.5) is 13.2 Å². The summed E-state index contributed by atoms with van der Waals surface area (Å²) in [5.41, 5.74) is -1.09. The van der Waals surface area contributed by atoms with E-state index in [9.17, 15) is 13.2 Å². The lowest BCUT2D eigenvalue weighted by molar-refractivity contribution is -0.145. The number of hydrogen-bond donors (Lipinski definition) is 1. The lowest BCUT2D eigenvalue weighted by Crippen LogP contribution is -2.16. The van der Waals surface area contributed by atoms with Crippen molar-refractivity contribution in [3.8, 4) is 5.75 Å². The van der Waals surface area contributed by atoms with Crippen molar-refractivity contribution in [3.05, 3.63) is 11.9 Å². The predicted octanol–water partition coefficient (Wildman–Crippen LogP) is 2.19. The molecule has 3 nitrogen and oxygen atoms in total. The van der Waals surface area contributed by atoms with Crippen molar-refractivity contribution in [1.29, 1.82) is 0 Å². The number of aromatic hydroxyl groups is 1. The van der Waals surface area contributed by atoms with Gasteiger partial charge in [-0.2, -0.15) is 18.3 Å². The highest BCUT2D eigenvalue weighted by atomic mass is 19.4. The first-order valence-electron chi connectivity index (χ1n) is 3.67. The van der Waals surface area contributed by atoms with Crippen LogP contribution in [0, 0.1) is 0 Å². The molecule has 0 saturated heterocycles. The second-order valence-electron chi connectivity index (χ2n) is 2.91. The predicted molar refractivity (Wildman–Crippen MR) is 39.3 cm³/mol. The quantitative estimate of drug-likeness (QED) is 0.744. The molecule has 1 heterocycles. The number of halogens is 3. The average Bonchev–Trinajstić information content (AvgIpc) is 2.28. The SMILES string of the molecule is CC(C)n1ncc(O)c1C(F)(F)F. The molecule has 74 valence electrons. The zero-order valence-corrected chi connectivity index (χ0v) is 7.13. The summed E-state index contributed by atoms with van der Waals surface area (Å²) >= 11 is 0. The zero-order valence-electron chi connectivity index (χ0n) is 7.13. The van der Waals surface area contributed by atoms with Gasteiger partial charge in [0.25, 0.3) is 0 Å². The Morgan fingerprint density at radius 1 is 1.46 bits per heavy atom. The van der Waals surface area contributed by atoms with Crippen molar-refractivity contribution in [3.63, 3.8) is 0 Å². The van der Waals surface area contributed by atoms with Crippen LogP contribution in [0.1, 0.15) is 25.6 Å². The molecule has 0 spiro atoms. The minimum absolute atomic E-state index is 0.433. The molecule has 0 saturated carbocycles. The van der Waals surface area contributed by atoms with E-state index in [0.29, 0.717) is 0 Å². The molecule has 13 heavy (non-hydrogen) atoms. The largest absolute Gasteiger partial charge is 0.504 e. The molecule has 0 unspecified atom stereocenters. The van der Waals surface area contributed by atoms with Crippen LogP contribution in [0.5, 0.6) is 5.75 Å². The van der Waals surface area contributed by atoms with Crippen molar-refractivity contribution < 1.29 is 18.3 Å². The van der Waals surface area contributed by atoms with Gasteiger partial charge < -0.3 is 5.11 Å². The second kappa shape index (κ2) is 2.93. The Bertz CT molecular complexity index is 303. The molecule has 6 heteroatoms. The maximum Gasteiger partial charge on any atom is 0.436 e. The summed E-state index contributed by atoms with van der Waals surface area (Å²) in [5, 5.41) is 12.3. The number of aromatic nitrogens is 2. The topological polar surface area (TPSA) is 38.0 Å². The normalized spacial score (nSPS) is 12.5. The van der Waals surface area contributed by atoms with E-state index in [2.05, 4.69) is 5.10 Å². The van der Waals surface area contributed by atoms with E-state index in [-0.39, 0.29) is 0 Å². The fourth-order valence-electron chi connectivity index (χ4n) is 1.02. The van der Waals surface area contributed by atoms with Crippen molar-refractivity contribution >= 4 is 0 Å². The lowest BCUT2D eigenvalue weighted by atomic mass is 10.3. The third-order valence-electron chi connectivity index (χ3n) is 1.53. The molecule has 1 N–H and O–H groups in total. The Morgan fingerprint density at radius 3 is 2.31 bits per heavy atom. The van der Waals surface area contributed by atoms with E-state index in [4.69, 9.17) is 5.11 Å². The summed E-state index contributed by atoms with van der Waals surface area (Å²) < 4.78 is 37.6. The van der Waals surface area contributed by atoms with Gasteiger partial charge in [-0.25, -0.2) is 0 Å². The van der Waals surface area contributed by atoms with E-state index in [1.807, 2.05) is 0 Å². The van der Waals surface area contributed by atoms with Gasteiger partial charge in [-0.15, -0.1) is 0 Å². The summed E-state index contributed by atoms with van der Waals surface area (Å²) in [6, 6.07) is -0.433. The van der Waals surface area contributed by atoms with Gasteiger partial charge >= 0.3 is 6.18 Å². The number of rotatable bonds is 1. The van der Waals surface area contributed by atoms with Gasteiger partial charge in [-0.05, 0) is 13.8 Å². The van der Waals surface area contributed by atoms with Crippen molar-refractivity contribution in [2.75, 3.05) is 0 Å². The fourth-order valence-corrected chi connectivity index (χ4v) is 1.02. The fraction of sp³-hybridized carbons (Fsp3) is 0.571. The zero-order chi connectivity index (χ0) is 10.2. The highest BCUT2D eigenvalue weighted by Crippen LogP contribution is 2.36. The highest BCUT2D eigenvalue weighted by molar-refractivity contribution is 5.26. The molecule has 0 radical (unpaired) electrons. The van der Waals surface area contributed by atoms with Crippen LogP contribution in [0.2, 0.25) is 0 Å².